The number of aromatic nitrogens is 1. The summed E-state index contributed by atoms with van der Waals surface area (Å²) in [7, 11) is 0. The van der Waals surface area contributed by atoms with Crippen molar-refractivity contribution < 1.29 is 9.18 Å². The summed E-state index contributed by atoms with van der Waals surface area (Å²) in [6, 6.07) is 25.9. The first-order valence-corrected chi connectivity index (χ1v) is 9.89. The molecule has 31 heavy (non-hydrogen) atoms. The molecule has 0 radical (unpaired) electrons. The van der Waals surface area contributed by atoms with Crippen LogP contribution in [0.5, 0.6) is 0 Å². The van der Waals surface area contributed by atoms with Gasteiger partial charge in [0.05, 0.1) is 17.6 Å². The van der Waals surface area contributed by atoms with E-state index in [0.29, 0.717) is 27.5 Å². The van der Waals surface area contributed by atoms with Gasteiger partial charge in [0.25, 0.3) is 5.91 Å². The zero-order chi connectivity index (χ0) is 21.6. The van der Waals surface area contributed by atoms with Gasteiger partial charge in [-0.15, -0.1) is 0 Å². The third-order valence-corrected chi connectivity index (χ3v) is 4.80. The molecule has 152 valence electrons. The Morgan fingerprint density at radius 1 is 0.871 bits per heavy atom. The van der Waals surface area contributed by atoms with Crippen molar-refractivity contribution in [2.24, 2.45) is 5.10 Å². The number of rotatable bonds is 5. The van der Waals surface area contributed by atoms with Crippen molar-refractivity contribution in [2.45, 2.75) is 0 Å². The summed E-state index contributed by atoms with van der Waals surface area (Å²) in [5, 5.41) is 4.64. The van der Waals surface area contributed by atoms with Crippen molar-refractivity contribution in [1.29, 1.82) is 0 Å². The van der Waals surface area contributed by atoms with Gasteiger partial charge in [-0.3, -0.25) is 4.79 Å². The Labute approximate surface area is 184 Å². The van der Waals surface area contributed by atoms with E-state index in [2.05, 4.69) is 15.5 Å². The zero-order valence-electron chi connectivity index (χ0n) is 16.3. The number of carbonyl (C=O) groups is 1. The normalized spacial score (nSPS) is 10.9. The van der Waals surface area contributed by atoms with Crippen LogP contribution < -0.4 is 5.43 Å². The first-order chi connectivity index (χ1) is 15.1. The van der Waals surface area contributed by atoms with E-state index in [9.17, 15) is 9.18 Å². The number of hydrazone groups is 1. The second-order valence-electron chi connectivity index (χ2n) is 6.75. The molecule has 6 heteroatoms. The molecule has 4 rings (SSSR count). The number of pyridine rings is 1. The fourth-order valence-electron chi connectivity index (χ4n) is 2.97. The van der Waals surface area contributed by atoms with Crippen LogP contribution in [-0.4, -0.2) is 17.1 Å². The van der Waals surface area contributed by atoms with Gasteiger partial charge in [-0.1, -0.05) is 54.1 Å². The standard InChI is InChI=1S/C25H17ClFN3O/c26-21-10-6-18(7-11-21)23-14-20(15-24(29-23)19-8-12-22(27)13-9-19)25(31)30-28-16-17-4-2-1-3-5-17/h1-16H,(H,30,31)/b28-16-. The van der Waals surface area contributed by atoms with E-state index in [1.54, 1.807) is 42.6 Å². The minimum absolute atomic E-state index is 0.342. The van der Waals surface area contributed by atoms with Crippen LogP contribution in [0.1, 0.15) is 15.9 Å². The van der Waals surface area contributed by atoms with Gasteiger partial charge in [0, 0.05) is 21.7 Å². The first kappa shape index (κ1) is 20.4. The highest BCUT2D eigenvalue weighted by molar-refractivity contribution is 6.30. The topological polar surface area (TPSA) is 54.4 Å². The van der Waals surface area contributed by atoms with Crippen LogP contribution in [0.15, 0.2) is 96.1 Å². The SMILES string of the molecule is O=C(N/N=C\c1ccccc1)c1cc(-c2ccc(F)cc2)nc(-c2ccc(Cl)cc2)c1. The summed E-state index contributed by atoms with van der Waals surface area (Å²) in [5.74, 6) is -0.723. The molecule has 0 fully saturated rings. The molecule has 0 unspecified atom stereocenters. The highest BCUT2D eigenvalue weighted by Crippen LogP contribution is 2.26. The largest absolute Gasteiger partial charge is 0.271 e. The molecule has 1 heterocycles. The lowest BCUT2D eigenvalue weighted by molar-refractivity contribution is 0.0955. The number of benzene rings is 3. The van der Waals surface area contributed by atoms with Crippen LogP contribution in [-0.2, 0) is 0 Å². The van der Waals surface area contributed by atoms with Crippen LogP contribution >= 0.6 is 11.6 Å². The van der Waals surface area contributed by atoms with Crippen molar-refractivity contribution in [3.8, 4) is 22.5 Å². The molecule has 0 saturated carbocycles. The van der Waals surface area contributed by atoms with Crippen molar-refractivity contribution in [1.82, 2.24) is 10.4 Å². The van der Waals surface area contributed by atoms with Gasteiger partial charge in [-0.05, 0) is 54.1 Å². The summed E-state index contributed by atoms with van der Waals surface area (Å²) >= 11 is 5.99. The van der Waals surface area contributed by atoms with E-state index in [1.165, 1.54) is 12.1 Å². The zero-order valence-corrected chi connectivity index (χ0v) is 17.1. The van der Waals surface area contributed by atoms with Crippen molar-refractivity contribution >= 4 is 23.7 Å². The first-order valence-electron chi connectivity index (χ1n) is 9.51. The molecule has 1 aromatic heterocycles. The second kappa shape index (κ2) is 9.32. The maximum atomic E-state index is 13.4. The minimum atomic E-state index is -0.381. The van der Waals surface area contributed by atoms with Crippen molar-refractivity contribution in [3.63, 3.8) is 0 Å². The number of hydrogen-bond donors (Lipinski definition) is 1. The number of nitrogens with zero attached hydrogens (tertiary/aromatic N) is 2. The van der Waals surface area contributed by atoms with Crippen LogP contribution in [0.2, 0.25) is 5.02 Å². The average molecular weight is 430 g/mol. The molecule has 0 saturated heterocycles. The molecule has 4 aromatic rings. The molecular weight excluding hydrogens is 413 g/mol. The lowest BCUT2D eigenvalue weighted by atomic mass is 10.0. The summed E-state index contributed by atoms with van der Waals surface area (Å²) in [5.41, 5.74) is 6.42. The Morgan fingerprint density at radius 3 is 2.06 bits per heavy atom. The summed E-state index contributed by atoms with van der Waals surface area (Å²) in [4.78, 5) is 17.4. The number of carbonyl (C=O) groups excluding carboxylic acids is 1. The number of halogens is 2. The molecular formula is C25H17ClFN3O. The highest BCUT2D eigenvalue weighted by Gasteiger charge is 2.12. The molecule has 1 N–H and O–H groups in total. The van der Waals surface area contributed by atoms with E-state index in [4.69, 9.17) is 11.6 Å². The monoisotopic (exact) mass is 429 g/mol. The fraction of sp³-hybridized carbons (Fsp3) is 0. The van der Waals surface area contributed by atoms with Gasteiger partial charge < -0.3 is 0 Å². The Hall–Kier alpha value is -3.83. The number of nitrogens with one attached hydrogen (secondary N) is 1. The lowest BCUT2D eigenvalue weighted by Crippen LogP contribution is -2.18. The Bertz CT molecular complexity index is 1160. The lowest BCUT2D eigenvalue weighted by Gasteiger charge is -2.09. The summed E-state index contributed by atoms with van der Waals surface area (Å²) < 4.78 is 13.4. The maximum Gasteiger partial charge on any atom is 0.271 e. The Kier molecular flexibility index (Phi) is 6.15. The molecule has 0 spiro atoms. The van der Waals surface area contributed by atoms with E-state index >= 15 is 0 Å². The van der Waals surface area contributed by atoms with Crippen LogP contribution in [0.25, 0.3) is 22.5 Å². The second-order valence-corrected chi connectivity index (χ2v) is 7.19. The van der Waals surface area contributed by atoms with Crippen LogP contribution in [0.3, 0.4) is 0 Å². The average Bonchev–Trinajstić information content (AvgIpc) is 2.80. The van der Waals surface area contributed by atoms with Gasteiger partial charge in [0.15, 0.2) is 0 Å². The molecule has 0 atom stereocenters. The van der Waals surface area contributed by atoms with Gasteiger partial charge in [-0.25, -0.2) is 14.8 Å². The predicted molar refractivity (Wildman–Crippen MR) is 122 cm³/mol. The Balaban J connectivity index is 1.68. The third-order valence-electron chi connectivity index (χ3n) is 4.55. The summed E-state index contributed by atoms with van der Waals surface area (Å²) in [6.07, 6.45) is 1.57. The molecule has 0 bridgehead atoms. The highest BCUT2D eigenvalue weighted by atomic mass is 35.5. The van der Waals surface area contributed by atoms with E-state index in [1.807, 2.05) is 42.5 Å². The van der Waals surface area contributed by atoms with Gasteiger partial charge >= 0.3 is 0 Å². The fourth-order valence-corrected chi connectivity index (χ4v) is 3.09. The number of hydrogen-bond acceptors (Lipinski definition) is 3. The van der Waals surface area contributed by atoms with Crippen molar-refractivity contribution in [2.75, 3.05) is 0 Å². The van der Waals surface area contributed by atoms with E-state index in [-0.39, 0.29) is 11.7 Å². The van der Waals surface area contributed by atoms with Crippen LogP contribution in [0, 0.1) is 5.82 Å². The minimum Gasteiger partial charge on any atom is -0.267 e. The van der Waals surface area contributed by atoms with E-state index in [0.717, 1.165) is 11.1 Å². The smallest absolute Gasteiger partial charge is 0.267 e. The van der Waals surface area contributed by atoms with Gasteiger partial charge in [-0.2, -0.15) is 5.10 Å². The molecule has 3 aromatic carbocycles. The Morgan fingerprint density at radius 2 is 1.45 bits per heavy atom. The molecule has 0 aliphatic heterocycles. The number of amides is 1. The third kappa shape index (κ3) is 5.21. The molecule has 0 aliphatic carbocycles. The molecule has 1 amide bonds. The maximum absolute atomic E-state index is 13.4. The van der Waals surface area contributed by atoms with Crippen molar-refractivity contribution in [3.05, 3.63) is 113 Å². The molecule has 0 aliphatic rings. The van der Waals surface area contributed by atoms with Gasteiger partial charge in [0.2, 0.25) is 0 Å². The van der Waals surface area contributed by atoms with Gasteiger partial charge in [0.1, 0.15) is 5.82 Å². The molecule has 4 nitrogen and oxygen atoms in total. The predicted octanol–water partition coefficient (Wildman–Crippen LogP) is 5.97. The van der Waals surface area contributed by atoms with E-state index < -0.39 is 0 Å². The van der Waals surface area contributed by atoms with Crippen LogP contribution in [0.4, 0.5) is 4.39 Å². The quantitative estimate of drug-likeness (QED) is 0.314. The summed E-state index contributed by atoms with van der Waals surface area (Å²) in [6.45, 7) is 0.